The van der Waals surface area contributed by atoms with Crippen molar-refractivity contribution >= 4 is 5.97 Å². The topological polar surface area (TPSA) is 46.5 Å². The Hall–Kier alpha value is -0.830. The number of hydrogen-bond acceptors (Lipinski definition) is 3. The molecular weight excluding hydrogens is 204 g/mol. The molecule has 3 rings (SSSR count). The second-order valence-corrected chi connectivity index (χ2v) is 4.84. The van der Waals surface area contributed by atoms with Crippen LogP contribution < -0.4 is 0 Å². The van der Waals surface area contributed by atoms with Gasteiger partial charge in [-0.05, 0) is 30.6 Å². The van der Waals surface area contributed by atoms with Crippen LogP contribution in [0.5, 0.6) is 0 Å². The molecule has 0 spiro atoms. The maximum Gasteiger partial charge on any atom is 0.305 e. The van der Waals surface area contributed by atoms with E-state index < -0.39 is 0 Å². The Balaban J connectivity index is 1.97. The van der Waals surface area contributed by atoms with Crippen molar-refractivity contribution in [2.45, 2.75) is 26.2 Å². The Morgan fingerprint density at radius 2 is 1.94 bits per heavy atom. The summed E-state index contributed by atoms with van der Waals surface area (Å²) in [6.07, 6.45) is 7.25. The van der Waals surface area contributed by atoms with Crippen LogP contribution in [0.4, 0.5) is 0 Å². The lowest BCUT2D eigenvalue weighted by atomic mass is 9.63. The fourth-order valence-electron chi connectivity index (χ4n) is 3.02. The first kappa shape index (κ1) is 11.6. The molecule has 1 saturated carbocycles. The summed E-state index contributed by atoms with van der Waals surface area (Å²) in [4.78, 5) is 11.2. The molecule has 3 nitrogen and oxygen atoms in total. The van der Waals surface area contributed by atoms with Gasteiger partial charge in [0.25, 0.3) is 0 Å². The minimum Gasteiger partial charge on any atom is -0.465 e. The fraction of sp³-hybridized carbons (Fsp3) is 0.769. The van der Waals surface area contributed by atoms with Crippen LogP contribution in [0, 0.1) is 23.7 Å². The zero-order valence-electron chi connectivity index (χ0n) is 9.76. The zero-order valence-corrected chi connectivity index (χ0v) is 9.76. The van der Waals surface area contributed by atoms with Crippen LogP contribution in [0.25, 0.3) is 0 Å². The standard InChI is InChI=1S/C13H20O3/c1-2-13(15)16-8-12-10-5-3-9(4-6-10)11(12)7-14/h3,5,9-12,14H,2,4,6-8H2,1H3/t9-,10+,11?,12?/m1/s1. The minimum absolute atomic E-state index is 0.137. The molecule has 90 valence electrons. The molecule has 0 aliphatic heterocycles. The number of hydrogen-bond donors (Lipinski definition) is 1. The van der Waals surface area contributed by atoms with Gasteiger partial charge in [-0.1, -0.05) is 19.1 Å². The van der Waals surface area contributed by atoms with E-state index in [2.05, 4.69) is 12.2 Å². The van der Waals surface area contributed by atoms with Gasteiger partial charge in [0.15, 0.2) is 0 Å². The van der Waals surface area contributed by atoms with Gasteiger partial charge in [0, 0.05) is 18.9 Å². The third-order valence-electron chi connectivity index (χ3n) is 4.02. The molecule has 0 heterocycles. The van der Waals surface area contributed by atoms with E-state index in [1.54, 1.807) is 6.92 Å². The van der Waals surface area contributed by atoms with Gasteiger partial charge >= 0.3 is 5.97 Å². The maximum atomic E-state index is 11.2. The highest BCUT2D eigenvalue weighted by atomic mass is 16.5. The smallest absolute Gasteiger partial charge is 0.305 e. The van der Waals surface area contributed by atoms with Gasteiger partial charge < -0.3 is 9.84 Å². The summed E-state index contributed by atoms with van der Waals surface area (Å²) in [5, 5.41) is 9.43. The quantitative estimate of drug-likeness (QED) is 0.584. The van der Waals surface area contributed by atoms with E-state index in [4.69, 9.17) is 4.74 Å². The summed E-state index contributed by atoms with van der Waals surface area (Å²) in [5.74, 6) is 1.45. The number of rotatable bonds is 4. The third-order valence-corrected chi connectivity index (χ3v) is 4.02. The van der Waals surface area contributed by atoms with Gasteiger partial charge in [0.05, 0.1) is 6.61 Å². The minimum atomic E-state index is -0.137. The lowest BCUT2D eigenvalue weighted by Crippen LogP contribution is -2.41. The highest BCUT2D eigenvalue weighted by molar-refractivity contribution is 5.68. The first-order valence-electron chi connectivity index (χ1n) is 6.21. The number of carbonyl (C=O) groups is 1. The Kier molecular flexibility index (Phi) is 3.64. The zero-order chi connectivity index (χ0) is 11.5. The van der Waals surface area contributed by atoms with Crippen molar-refractivity contribution in [3.05, 3.63) is 12.2 Å². The molecule has 0 aromatic heterocycles. The molecule has 3 heteroatoms. The van der Waals surface area contributed by atoms with Crippen molar-refractivity contribution in [3.8, 4) is 0 Å². The summed E-state index contributed by atoms with van der Waals surface area (Å²) in [5.41, 5.74) is 0. The van der Waals surface area contributed by atoms with Crippen LogP contribution >= 0.6 is 0 Å². The van der Waals surface area contributed by atoms with E-state index in [0.29, 0.717) is 30.8 Å². The third kappa shape index (κ3) is 2.14. The Morgan fingerprint density at radius 3 is 2.44 bits per heavy atom. The Labute approximate surface area is 96.5 Å². The van der Waals surface area contributed by atoms with Gasteiger partial charge in [-0.2, -0.15) is 0 Å². The second kappa shape index (κ2) is 5.00. The monoisotopic (exact) mass is 224 g/mol. The van der Waals surface area contributed by atoms with E-state index in [1.807, 2.05) is 0 Å². The van der Waals surface area contributed by atoms with Gasteiger partial charge in [-0.25, -0.2) is 0 Å². The SMILES string of the molecule is CCC(=O)OCC1C(CO)[C@@H]2C=C[C@H]1CC2. The van der Waals surface area contributed by atoms with E-state index in [-0.39, 0.29) is 18.5 Å². The molecule has 16 heavy (non-hydrogen) atoms. The number of fused-ring (bicyclic) bond motifs is 2. The molecule has 3 aliphatic rings. The summed E-state index contributed by atoms with van der Waals surface area (Å²) >= 11 is 0. The van der Waals surface area contributed by atoms with Gasteiger partial charge in [-0.3, -0.25) is 4.79 Å². The van der Waals surface area contributed by atoms with Crippen molar-refractivity contribution in [1.82, 2.24) is 0 Å². The fourth-order valence-corrected chi connectivity index (χ4v) is 3.02. The summed E-state index contributed by atoms with van der Waals surface area (Å²) in [7, 11) is 0. The van der Waals surface area contributed by atoms with Gasteiger partial charge in [0.2, 0.25) is 0 Å². The second-order valence-electron chi connectivity index (χ2n) is 4.84. The predicted molar refractivity (Wildman–Crippen MR) is 60.7 cm³/mol. The lowest BCUT2D eigenvalue weighted by Gasteiger charge is -2.44. The number of aliphatic hydroxyl groups is 1. The van der Waals surface area contributed by atoms with Gasteiger partial charge in [0.1, 0.15) is 0 Å². The first-order valence-corrected chi connectivity index (χ1v) is 6.21. The molecule has 1 N–H and O–H groups in total. The number of carbonyl (C=O) groups excluding carboxylic acids is 1. The van der Waals surface area contributed by atoms with Crippen LogP contribution in [0.2, 0.25) is 0 Å². The molecule has 3 aliphatic carbocycles. The molecule has 0 aromatic carbocycles. The van der Waals surface area contributed by atoms with Crippen LogP contribution in [0.1, 0.15) is 26.2 Å². The number of esters is 1. The average molecular weight is 224 g/mol. The van der Waals surface area contributed by atoms with Crippen LogP contribution in [-0.2, 0) is 9.53 Å². The molecule has 2 bridgehead atoms. The first-order chi connectivity index (χ1) is 7.76. The predicted octanol–water partition coefficient (Wildman–Crippen LogP) is 1.76. The molecule has 0 radical (unpaired) electrons. The van der Waals surface area contributed by atoms with Crippen molar-refractivity contribution in [3.63, 3.8) is 0 Å². The number of ether oxygens (including phenoxy) is 1. The van der Waals surface area contributed by atoms with Crippen molar-refractivity contribution < 1.29 is 14.6 Å². The molecule has 2 unspecified atom stereocenters. The Morgan fingerprint density at radius 1 is 1.31 bits per heavy atom. The molecule has 0 amide bonds. The molecular formula is C13H20O3. The van der Waals surface area contributed by atoms with Crippen LogP contribution in [0.3, 0.4) is 0 Å². The van der Waals surface area contributed by atoms with Gasteiger partial charge in [-0.15, -0.1) is 0 Å². The van der Waals surface area contributed by atoms with Crippen LogP contribution in [0.15, 0.2) is 12.2 Å². The van der Waals surface area contributed by atoms with E-state index in [1.165, 1.54) is 12.8 Å². The van der Waals surface area contributed by atoms with Crippen molar-refractivity contribution in [2.75, 3.05) is 13.2 Å². The number of aliphatic hydroxyl groups excluding tert-OH is 1. The summed E-state index contributed by atoms with van der Waals surface area (Å²) < 4.78 is 5.23. The maximum absolute atomic E-state index is 11.2. The normalized spacial score (nSPS) is 36.4. The largest absolute Gasteiger partial charge is 0.465 e. The average Bonchev–Trinajstić information content (AvgIpc) is 2.36. The highest BCUT2D eigenvalue weighted by Gasteiger charge is 2.40. The molecule has 0 aromatic rings. The van der Waals surface area contributed by atoms with Crippen molar-refractivity contribution in [2.24, 2.45) is 23.7 Å². The highest BCUT2D eigenvalue weighted by Crippen LogP contribution is 2.44. The summed E-state index contributed by atoms with van der Waals surface area (Å²) in [6.45, 7) is 2.49. The van der Waals surface area contributed by atoms with Crippen molar-refractivity contribution in [1.29, 1.82) is 0 Å². The lowest BCUT2D eigenvalue weighted by molar-refractivity contribution is -0.147. The number of allylic oxidation sites excluding steroid dienone is 2. The van der Waals surface area contributed by atoms with E-state index in [0.717, 1.165) is 0 Å². The van der Waals surface area contributed by atoms with Crippen LogP contribution in [-0.4, -0.2) is 24.3 Å². The molecule has 1 fully saturated rings. The summed E-state index contributed by atoms with van der Waals surface area (Å²) in [6, 6.07) is 0. The molecule has 0 saturated heterocycles. The van der Waals surface area contributed by atoms with E-state index >= 15 is 0 Å². The Bertz CT molecular complexity index is 285. The van der Waals surface area contributed by atoms with E-state index in [9.17, 15) is 9.90 Å². The molecule has 4 atom stereocenters.